The smallest absolute Gasteiger partial charge is 0.237 e. The summed E-state index contributed by atoms with van der Waals surface area (Å²) in [6.45, 7) is 4.49. The van der Waals surface area contributed by atoms with Gasteiger partial charge in [-0.15, -0.1) is 11.8 Å². The Labute approximate surface area is 146 Å². The van der Waals surface area contributed by atoms with Crippen molar-refractivity contribution in [3.8, 4) is 5.75 Å². The van der Waals surface area contributed by atoms with Crippen LogP contribution < -0.4 is 10.1 Å². The largest absolute Gasteiger partial charge is 0.493 e. The van der Waals surface area contributed by atoms with Gasteiger partial charge in [-0.25, -0.2) is 0 Å². The summed E-state index contributed by atoms with van der Waals surface area (Å²) in [5.41, 5.74) is 1.85. The monoisotopic (exact) mass is 349 g/mol. The van der Waals surface area contributed by atoms with Crippen LogP contribution >= 0.6 is 23.4 Å². The number of anilines is 1. The van der Waals surface area contributed by atoms with Crippen LogP contribution in [-0.4, -0.2) is 23.5 Å². The van der Waals surface area contributed by atoms with Crippen LogP contribution in [0.5, 0.6) is 5.75 Å². The topological polar surface area (TPSA) is 38.3 Å². The van der Waals surface area contributed by atoms with Crippen LogP contribution in [0.1, 0.15) is 12.5 Å². The molecule has 2 aromatic carbocycles. The first-order valence-electron chi connectivity index (χ1n) is 7.43. The van der Waals surface area contributed by atoms with E-state index in [2.05, 4.69) is 5.32 Å². The number of amides is 1. The predicted octanol–water partition coefficient (Wildman–Crippen LogP) is 4.79. The normalized spacial score (nSPS) is 11.8. The van der Waals surface area contributed by atoms with E-state index in [1.54, 1.807) is 23.9 Å². The van der Waals surface area contributed by atoms with Crippen LogP contribution in [0.15, 0.2) is 48.5 Å². The number of nitrogens with one attached hydrogen (secondary N) is 1. The molecule has 2 aromatic rings. The van der Waals surface area contributed by atoms with E-state index in [0.29, 0.717) is 17.3 Å². The third-order valence-corrected chi connectivity index (χ3v) is 4.69. The fraction of sp³-hybridized carbons (Fsp3) is 0.278. The number of benzene rings is 2. The van der Waals surface area contributed by atoms with Gasteiger partial charge in [-0.2, -0.15) is 0 Å². The van der Waals surface area contributed by atoms with Gasteiger partial charge in [0.05, 0.1) is 22.6 Å². The number of aryl methyl sites for hydroxylation is 1. The molecular weight excluding hydrogens is 330 g/mol. The number of thioether (sulfide) groups is 1. The van der Waals surface area contributed by atoms with E-state index in [4.69, 9.17) is 16.3 Å². The molecule has 0 heterocycles. The van der Waals surface area contributed by atoms with Gasteiger partial charge in [0.15, 0.2) is 0 Å². The lowest BCUT2D eigenvalue weighted by Crippen LogP contribution is -2.23. The molecule has 0 saturated heterocycles. The second-order valence-electron chi connectivity index (χ2n) is 5.14. The maximum atomic E-state index is 12.1. The van der Waals surface area contributed by atoms with Gasteiger partial charge in [0, 0.05) is 5.75 Å². The van der Waals surface area contributed by atoms with Gasteiger partial charge >= 0.3 is 0 Å². The van der Waals surface area contributed by atoms with Crippen LogP contribution in [0.2, 0.25) is 5.02 Å². The molecule has 23 heavy (non-hydrogen) atoms. The Balaban J connectivity index is 1.72. The van der Waals surface area contributed by atoms with E-state index in [0.717, 1.165) is 11.5 Å². The van der Waals surface area contributed by atoms with Crippen molar-refractivity contribution in [3.05, 3.63) is 59.1 Å². The van der Waals surface area contributed by atoms with Crippen molar-refractivity contribution >= 4 is 35.0 Å². The summed E-state index contributed by atoms with van der Waals surface area (Å²) in [4.78, 5) is 12.1. The standard InChI is InChI=1S/C18H20ClNO2S/c1-13-7-9-15(10-8-13)22-11-12-23-14(2)18(21)20-17-6-4-3-5-16(17)19/h3-10,14H,11-12H2,1-2H3,(H,20,21)/t14-/m0/s1. The van der Waals surface area contributed by atoms with Gasteiger partial charge in [-0.05, 0) is 38.1 Å². The Kier molecular flexibility index (Phi) is 6.81. The van der Waals surface area contributed by atoms with Crippen molar-refractivity contribution in [1.82, 2.24) is 0 Å². The lowest BCUT2D eigenvalue weighted by Gasteiger charge is -2.13. The second-order valence-corrected chi connectivity index (χ2v) is 7.00. The highest BCUT2D eigenvalue weighted by molar-refractivity contribution is 8.00. The fourth-order valence-corrected chi connectivity index (χ4v) is 2.82. The SMILES string of the molecule is Cc1ccc(OCCS[C@@H](C)C(=O)Nc2ccccc2Cl)cc1. The van der Waals surface area contributed by atoms with Crippen molar-refractivity contribution in [1.29, 1.82) is 0 Å². The summed E-state index contributed by atoms with van der Waals surface area (Å²) >= 11 is 7.59. The minimum atomic E-state index is -0.173. The number of para-hydroxylation sites is 1. The predicted molar refractivity (Wildman–Crippen MR) is 98.7 cm³/mol. The Morgan fingerprint density at radius 3 is 2.61 bits per heavy atom. The van der Waals surface area contributed by atoms with E-state index in [-0.39, 0.29) is 11.2 Å². The Morgan fingerprint density at radius 1 is 1.22 bits per heavy atom. The quantitative estimate of drug-likeness (QED) is 0.730. The molecule has 0 aliphatic rings. The second kappa shape index (κ2) is 8.85. The molecule has 3 nitrogen and oxygen atoms in total. The molecule has 0 unspecified atom stereocenters. The highest BCUT2D eigenvalue weighted by atomic mass is 35.5. The lowest BCUT2D eigenvalue weighted by atomic mass is 10.2. The van der Waals surface area contributed by atoms with Gasteiger partial charge < -0.3 is 10.1 Å². The first-order chi connectivity index (χ1) is 11.1. The van der Waals surface area contributed by atoms with Gasteiger partial charge in [0.2, 0.25) is 5.91 Å². The summed E-state index contributed by atoms with van der Waals surface area (Å²) in [6.07, 6.45) is 0. The van der Waals surface area contributed by atoms with Gasteiger partial charge in [-0.1, -0.05) is 41.4 Å². The summed E-state index contributed by atoms with van der Waals surface area (Å²) in [5.74, 6) is 1.54. The third kappa shape index (κ3) is 5.81. The highest BCUT2D eigenvalue weighted by Crippen LogP contribution is 2.22. The van der Waals surface area contributed by atoms with E-state index in [1.807, 2.05) is 50.2 Å². The zero-order chi connectivity index (χ0) is 16.7. The minimum Gasteiger partial charge on any atom is -0.493 e. The molecule has 0 saturated carbocycles. The van der Waals surface area contributed by atoms with Crippen LogP contribution in [0.3, 0.4) is 0 Å². The molecule has 0 fully saturated rings. The Bertz CT molecular complexity index is 646. The Morgan fingerprint density at radius 2 is 1.91 bits per heavy atom. The molecule has 122 valence electrons. The number of carbonyl (C=O) groups is 1. The molecule has 0 aliphatic carbocycles. The van der Waals surface area contributed by atoms with E-state index < -0.39 is 0 Å². The number of halogens is 1. The number of carbonyl (C=O) groups excluding carboxylic acids is 1. The number of hydrogen-bond acceptors (Lipinski definition) is 3. The summed E-state index contributed by atoms with van der Waals surface area (Å²) in [6, 6.07) is 15.2. The zero-order valence-corrected chi connectivity index (χ0v) is 14.8. The molecule has 0 aliphatic heterocycles. The fourth-order valence-electron chi connectivity index (χ4n) is 1.89. The number of ether oxygens (including phenoxy) is 1. The molecule has 5 heteroatoms. The molecule has 0 radical (unpaired) electrons. The van der Waals surface area contributed by atoms with E-state index in [9.17, 15) is 4.79 Å². The van der Waals surface area contributed by atoms with Crippen molar-refractivity contribution in [2.45, 2.75) is 19.1 Å². The average molecular weight is 350 g/mol. The molecule has 1 atom stereocenters. The maximum absolute atomic E-state index is 12.1. The summed E-state index contributed by atoms with van der Waals surface area (Å²) in [7, 11) is 0. The minimum absolute atomic E-state index is 0.0570. The van der Waals surface area contributed by atoms with Gasteiger partial charge in [0.1, 0.15) is 5.75 Å². The number of hydrogen-bond donors (Lipinski definition) is 1. The van der Waals surface area contributed by atoms with Crippen molar-refractivity contribution in [2.75, 3.05) is 17.7 Å². The van der Waals surface area contributed by atoms with Crippen LogP contribution in [0.4, 0.5) is 5.69 Å². The van der Waals surface area contributed by atoms with Crippen molar-refractivity contribution in [2.24, 2.45) is 0 Å². The first-order valence-corrected chi connectivity index (χ1v) is 8.85. The zero-order valence-electron chi connectivity index (χ0n) is 13.2. The molecule has 1 N–H and O–H groups in total. The van der Waals surface area contributed by atoms with E-state index in [1.165, 1.54) is 5.56 Å². The van der Waals surface area contributed by atoms with Crippen molar-refractivity contribution in [3.63, 3.8) is 0 Å². The third-order valence-electron chi connectivity index (χ3n) is 3.24. The van der Waals surface area contributed by atoms with Crippen LogP contribution in [0.25, 0.3) is 0 Å². The van der Waals surface area contributed by atoms with Crippen molar-refractivity contribution < 1.29 is 9.53 Å². The molecule has 0 aromatic heterocycles. The summed E-state index contributed by atoms with van der Waals surface area (Å²) < 4.78 is 5.65. The van der Waals surface area contributed by atoms with Crippen LogP contribution in [0, 0.1) is 6.92 Å². The highest BCUT2D eigenvalue weighted by Gasteiger charge is 2.14. The number of rotatable bonds is 7. The molecule has 1 amide bonds. The molecular formula is C18H20ClNO2S. The first kappa shape index (κ1) is 17.7. The van der Waals surface area contributed by atoms with Crippen LogP contribution in [-0.2, 0) is 4.79 Å². The molecule has 0 spiro atoms. The maximum Gasteiger partial charge on any atom is 0.237 e. The van der Waals surface area contributed by atoms with Gasteiger partial charge in [-0.3, -0.25) is 4.79 Å². The average Bonchev–Trinajstić information content (AvgIpc) is 2.55. The van der Waals surface area contributed by atoms with E-state index >= 15 is 0 Å². The lowest BCUT2D eigenvalue weighted by molar-refractivity contribution is -0.115. The molecule has 2 rings (SSSR count). The van der Waals surface area contributed by atoms with Gasteiger partial charge in [0.25, 0.3) is 0 Å². The molecule has 0 bridgehead atoms. The summed E-state index contributed by atoms with van der Waals surface area (Å²) in [5, 5.41) is 3.21. The Hall–Kier alpha value is -1.65.